The molecule has 9 nitrogen and oxygen atoms in total. The zero-order chi connectivity index (χ0) is 22.4. The number of benzene rings is 1. The third-order valence-electron chi connectivity index (χ3n) is 5.55. The van der Waals surface area contributed by atoms with Gasteiger partial charge in [-0.3, -0.25) is 14.3 Å². The molecule has 5 rings (SSSR count). The van der Waals surface area contributed by atoms with E-state index < -0.39 is 0 Å². The number of carbonyl (C=O) groups is 2. The zero-order valence-corrected chi connectivity index (χ0v) is 18.1. The minimum Gasteiger partial charge on any atom is -0.345 e. The van der Waals surface area contributed by atoms with Crippen LogP contribution in [-0.2, 0) is 11.8 Å². The van der Waals surface area contributed by atoms with Crippen LogP contribution in [0.4, 0.5) is 5.82 Å². The summed E-state index contributed by atoms with van der Waals surface area (Å²) in [7, 11) is 5.31. The number of carbonyl (C=O) groups excluding carboxylic acids is 2. The summed E-state index contributed by atoms with van der Waals surface area (Å²) in [4.78, 5) is 30.1. The fourth-order valence-corrected chi connectivity index (χ4v) is 3.59. The van der Waals surface area contributed by atoms with Crippen molar-refractivity contribution in [3.05, 3.63) is 54.4 Å². The lowest BCUT2D eigenvalue weighted by Gasteiger charge is -2.10. The van der Waals surface area contributed by atoms with Crippen LogP contribution in [-0.4, -0.2) is 55.4 Å². The highest BCUT2D eigenvalue weighted by molar-refractivity contribution is 5.98. The lowest BCUT2D eigenvalue weighted by molar-refractivity contribution is -0.117. The second-order valence-corrected chi connectivity index (χ2v) is 8.21. The lowest BCUT2D eigenvalue weighted by atomic mass is 10.2. The van der Waals surface area contributed by atoms with E-state index in [1.54, 1.807) is 46.7 Å². The first-order valence-corrected chi connectivity index (χ1v) is 10.4. The molecule has 0 spiro atoms. The Bertz CT molecular complexity index is 1330. The van der Waals surface area contributed by atoms with Crippen LogP contribution in [0.1, 0.15) is 23.2 Å². The molecule has 0 atom stereocenters. The van der Waals surface area contributed by atoms with Gasteiger partial charge in [0.15, 0.2) is 0 Å². The SMILES string of the molecule is CN(C)C(=O)c1ccc(-n2ccc(-c3nn(C)c4cnc(NC(=O)C5CC5)cc34)n2)cc1. The van der Waals surface area contributed by atoms with Gasteiger partial charge in [-0.15, -0.1) is 0 Å². The number of aromatic nitrogens is 5. The molecule has 0 bridgehead atoms. The van der Waals surface area contributed by atoms with Gasteiger partial charge >= 0.3 is 0 Å². The van der Waals surface area contributed by atoms with Crippen molar-refractivity contribution in [1.29, 1.82) is 0 Å². The topological polar surface area (TPSA) is 97.9 Å². The highest BCUT2D eigenvalue weighted by atomic mass is 16.2. The Balaban J connectivity index is 1.45. The number of aryl methyl sites for hydroxylation is 1. The fourth-order valence-electron chi connectivity index (χ4n) is 3.59. The van der Waals surface area contributed by atoms with Gasteiger partial charge in [0.05, 0.1) is 17.4 Å². The predicted molar refractivity (Wildman–Crippen MR) is 120 cm³/mol. The monoisotopic (exact) mass is 429 g/mol. The first-order valence-electron chi connectivity index (χ1n) is 10.4. The molecule has 4 aromatic rings. The summed E-state index contributed by atoms with van der Waals surface area (Å²) in [5.74, 6) is 0.596. The Labute approximate surface area is 184 Å². The summed E-state index contributed by atoms with van der Waals surface area (Å²) in [6.07, 6.45) is 5.45. The van der Waals surface area contributed by atoms with Crippen molar-refractivity contribution >= 4 is 28.5 Å². The summed E-state index contributed by atoms with van der Waals surface area (Å²) in [6, 6.07) is 11.0. The Morgan fingerprint density at radius 2 is 1.84 bits per heavy atom. The van der Waals surface area contributed by atoms with Gasteiger partial charge < -0.3 is 10.2 Å². The Kier molecular flexibility index (Phi) is 4.73. The standard InChI is InChI=1S/C23H23N7O2/c1-28(2)23(32)15-6-8-16(9-7-15)30-11-10-18(26-30)21-17-12-20(25-22(31)14-4-5-14)24-13-19(17)29(3)27-21/h6-14H,4-5H2,1-3H3,(H,24,25,31). The smallest absolute Gasteiger partial charge is 0.253 e. The second-order valence-electron chi connectivity index (χ2n) is 8.21. The summed E-state index contributed by atoms with van der Waals surface area (Å²) >= 11 is 0. The molecule has 1 saturated carbocycles. The van der Waals surface area contributed by atoms with Crippen molar-refractivity contribution in [2.75, 3.05) is 19.4 Å². The molecule has 1 aliphatic rings. The van der Waals surface area contributed by atoms with Crippen LogP contribution in [0.25, 0.3) is 28.0 Å². The van der Waals surface area contributed by atoms with Gasteiger partial charge in [-0.05, 0) is 49.2 Å². The Morgan fingerprint density at radius 1 is 1.09 bits per heavy atom. The fraction of sp³-hybridized carbons (Fsp3) is 0.261. The molecule has 32 heavy (non-hydrogen) atoms. The van der Waals surface area contributed by atoms with Crippen LogP contribution in [0.2, 0.25) is 0 Å². The molecule has 162 valence electrons. The van der Waals surface area contributed by atoms with Crippen LogP contribution in [0.15, 0.2) is 48.8 Å². The average Bonchev–Trinajstić information content (AvgIpc) is 3.45. The number of amides is 2. The van der Waals surface area contributed by atoms with E-state index in [9.17, 15) is 9.59 Å². The summed E-state index contributed by atoms with van der Waals surface area (Å²) < 4.78 is 3.50. The number of nitrogens with zero attached hydrogens (tertiary/aromatic N) is 6. The van der Waals surface area contributed by atoms with Gasteiger partial charge in [-0.25, -0.2) is 9.67 Å². The highest BCUT2D eigenvalue weighted by Crippen LogP contribution is 2.31. The molecule has 9 heteroatoms. The van der Waals surface area contributed by atoms with Crippen molar-refractivity contribution in [1.82, 2.24) is 29.4 Å². The molecule has 0 radical (unpaired) electrons. The van der Waals surface area contributed by atoms with Crippen LogP contribution < -0.4 is 5.32 Å². The summed E-state index contributed by atoms with van der Waals surface area (Å²) in [5.41, 5.74) is 3.73. The van der Waals surface area contributed by atoms with Crippen molar-refractivity contribution in [2.24, 2.45) is 13.0 Å². The first-order chi connectivity index (χ1) is 15.4. The normalized spacial score (nSPS) is 13.3. The molecular weight excluding hydrogens is 406 g/mol. The van der Waals surface area contributed by atoms with Gasteiger partial charge in [-0.2, -0.15) is 10.2 Å². The minimum atomic E-state index is -0.0455. The molecule has 1 fully saturated rings. The number of nitrogens with one attached hydrogen (secondary N) is 1. The molecule has 1 aliphatic carbocycles. The molecule has 3 aromatic heterocycles. The van der Waals surface area contributed by atoms with Gasteiger partial charge in [0, 0.05) is 44.2 Å². The van der Waals surface area contributed by atoms with Crippen LogP contribution in [0.3, 0.4) is 0 Å². The third kappa shape index (κ3) is 3.62. The third-order valence-corrected chi connectivity index (χ3v) is 5.55. The van der Waals surface area contributed by atoms with Gasteiger partial charge in [-0.1, -0.05) is 0 Å². The molecule has 1 N–H and O–H groups in total. The molecule has 0 aliphatic heterocycles. The van der Waals surface area contributed by atoms with Crippen molar-refractivity contribution in [2.45, 2.75) is 12.8 Å². The number of anilines is 1. The number of fused-ring (bicyclic) bond motifs is 1. The minimum absolute atomic E-state index is 0.0164. The molecule has 2 amide bonds. The lowest BCUT2D eigenvalue weighted by Crippen LogP contribution is -2.21. The quantitative estimate of drug-likeness (QED) is 0.526. The molecular formula is C23H23N7O2. The Morgan fingerprint density at radius 3 is 2.53 bits per heavy atom. The molecule has 0 unspecified atom stereocenters. The van der Waals surface area contributed by atoms with Crippen LogP contribution >= 0.6 is 0 Å². The average molecular weight is 429 g/mol. The molecule has 3 heterocycles. The second kappa shape index (κ2) is 7.60. The van der Waals surface area contributed by atoms with Crippen LogP contribution in [0, 0.1) is 5.92 Å². The maximum Gasteiger partial charge on any atom is 0.253 e. The maximum absolute atomic E-state index is 12.1. The largest absolute Gasteiger partial charge is 0.345 e. The zero-order valence-electron chi connectivity index (χ0n) is 18.1. The van der Waals surface area contributed by atoms with E-state index in [2.05, 4.69) is 15.4 Å². The van der Waals surface area contributed by atoms with E-state index in [4.69, 9.17) is 5.10 Å². The summed E-state index contributed by atoms with van der Waals surface area (Å²) in [5, 5.41) is 13.1. The molecule has 1 aromatic carbocycles. The van der Waals surface area contributed by atoms with E-state index in [1.165, 1.54) is 0 Å². The van der Waals surface area contributed by atoms with E-state index in [0.29, 0.717) is 22.8 Å². The van der Waals surface area contributed by atoms with E-state index in [1.807, 2.05) is 37.5 Å². The van der Waals surface area contributed by atoms with Gasteiger partial charge in [0.25, 0.3) is 5.91 Å². The highest BCUT2D eigenvalue weighted by Gasteiger charge is 2.30. The predicted octanol–water partition coefficient (Wildman–Crippen LogP) is 2.87. The number of hydrogen-bond acceptors (Lipinski definition) is 5. The van der Waals surface area contributed by atoms with Crippen molar-refractivity contribution in [3.63, 3.8) is 0 Å². The molecule has 0 saturated heterocycles. The Hall–Kier alpha value is -4.01. The van der Waals surface area contributed by atoms with Gasteiger partial charge in [0.2, 0.25) is 5.91 Å². The van der Waals surface area contributed by atoms with Crippen molar-refractivity contribution < 1.29 is 9.59 Å². The van der Waals surface area contributed by atoms with Crippen molar-refractivity contribution in [3.8, 4) is 17.1 Å². The number of pyridine rings is 1. The van der Waals surface area contributed by atoms with Crippen LogP contribution in [0.5, 0.6) is 0 Å². The van der Waals surface area contributed by atoms with Gasteiger partial charge in [0.1, 0.15) is 17.2 Å². The maximum atomic E-state index is 12.1. The number of hydrogen-bond donors (Lipinski definition) is 1. The van der Waals surface area contributed by atoms with E-state index >= 15 is 0 Å². The number of rotatable bonds is 5. The first kappa shape index (κ1) is 19.9. The summed E-state index contributed by atoms with van der Waals surface area (Å²) in [6.45, 7) is 0. The van der Waals surface area contributed by atoms with E-state index in [0.717, 1.165) is 29.4 Å². The van der Waals surface area contributed by atoms with E-state index in [-0.39, 0.29) is 17.7 Å².